The molecule has 2 rings (SSSR count). The number of hydrogen-bond donors (Lipinski definition) is 2. The van der Waals surface area contributed by atoms with Crippen molar-refractivity contribution in [2.24, 2.45) is 5.92 Å². The summed E-state index contributed by atoms with van der Waals surface area (Å²) >= 11 is 1.60. The number of thioether (sulfide) groups is 1. The standard InChI is InChI=1S/C18H23N3O5S/c1-3-8-19-18(25)20-15(22)11-26-17(24)12-9-16(23)21(10-12)13-4-6-14(27-2)7-5-13/h4-7,12H,3,8-11H2,1-2H3,(H2,19,20,22,25). The minimum absolute atomic E-state index is 0.0295. The molecule has 1 fully saturated rings. The van der Waals surface area contributed by atoms with E-state index in [2.05, 4.69) is 10.6 Å². The predicted molar refractivity (Wildman–Crippen MR) is 101 cm³/mol. The lowest BCUT2D eigenvalue weighted by Gasteiger charge is -2.16. The molecule has 1 atom stereocenters. The number of nitrogens with one attached hydrogen (secondary N) is 2. The zero-order valence-corrected chi connectivity index (χ0v) is 16.1. The largest absolute Gasteiger partial charge is 0.455 e. The molecule has 1 aliphatic rings. The number of urea groups is 1. The average molecular weight is 393 g/mol. The van der Waals surface area contributed by atoms with Crippen molar-refractivity contribution in [3.05, 3.63) is 24.3 Å². The van der Waals surface area contributed by atoms with Crippen LogP contribution in [0.3, 0.4) is 0 Å². The van der Waals surface area contributed by atoms with E-state index in [1.54, 1.807) is 11.8 Å². The molecule has 8 nitrogen and oxygen atoms in total. The van der Waals surface area contributed by atoms with Gasteiger partial charge in [0.1, 0.15) is 0 Å². The molecule has 0 aromatic heterocycles. The van der Waals surface area contributed by atoms with Crippen LogP contribution in [0.1, 0.15) is 19.8 Å². The summed E-state index contributed by atoms with van der Waals surface area (Å²) in [5, 5.41) is 4.55. The van der Waals surface area contributed by atoms with Gasteiger partial charge < -0.3 is 15.0 Å². The molecule has 1 unspecified atom stereocenters. The van der Waals surface area contributed by atoms with E-state index >= 15 is 0 Å². The van der Waals surface area contributed by atoms with Crippen molar-refractivity contribution >= 4 is 41.3 Å². The number of anilines is 1. The Morgan fingerprint density at radius 3 is 2.59 bits per heavy atom. The number of ether oxygens (including phenoxy) is 1. The molecule has 0 bridgehead atoms. The Hall–Kier alpha value is -2.55. The van der Waals surface area contributed by atoms with E-state index in [9.17, 15) is 19.2 Å². The van der Waals surface area contributed by atoms with Gasteiger partial charge in [-0.25, -0.2) is 4.79 Å². The van der Waals surface area contributed by atoms with Crippen LogP contribution in [0.15, 0.2) is 29.2 Å². The van der Waals surface area contributed by atoms with Crippen LogP contribution in [-0.4, -0.2) is 49.8 Å². The first-order chi connectivity index (χ1) is 12.9. The Balaban J connectivity index is 1.82. The van der Waals surface area contributed by atoms with Gasteiger partial charge in [0.05, 0.1) is 5.92 Å². The molecule has 1 aliphatic heterocycles. The molecule has 4 amide bonds. The Bertz CT molecular complexity index is 707. The van der Waals surface area contributed by atoms with E-state index in [1.165, 1.54) is 4.90 Å². The first kappa shape index (κ1) is 20.8. The van der Waals surface area contributed by atoms with Crippen LogP contribution in [0.5, 0.6) is 0 Å². The molecule has 0 spiro atoms. The van der Waals surface area contributed by atoms with Crippen molar-refractivity contribution in [1.82, 2.24) is 10.6 Å². The highest BCUT2D eigenvalue weighted by molar-refractivity contribution is 7.98. The van der Waals surface area contributed by atoms with Crippen molar-refractivity contribution in [2.45, 2.75) is 24.7 Å². The minimum Gasteiger partial charge on any atom is -0.455 e. The van der Waals surface area contributed by atoms with E-state index < -0.39 is 30.4 Å². The van der Waals surface area contributed by atoms with Crippen LogP contribution < -0.4 is 15.5 Å². The number of carbonyl (C=O) groups is 4. The predicted octanol–water partition coefficient (Wildman–Crippen LogP) is 1.54. The third-order valence-electron chi connectivity index (χ3n) is 3.98. The molecule has 27 heavy (non-hydrogen) atoms. The van der Waals surface area contributed by atoms with Crippen LogP contribution in [0.2, 0.25) is 0 Å². The Kier molecular flexibility index (Phi) is 7.66. The maximum absolute atomic E-state index is 12.2. The highest BCUT2D eigenvalue weighted by Crippen LogP contribution is 2.27. The summed E-state index contributed by atoms with van der Waals surface area (Å²) in [6.45, 7) is 1.96. The SMILES string of the molecule is CCCNC(=O)NC(=O)COC(=O)C1CC(=O)N(c2ccc(SC)cc2)C1. The number of carbonyl (C=O) groups excluding carboxylic acids is 4. The Labute approximate surface area is 162 Å². The van der Waals surface area contributed by atoms with Gasteiger partial charge >= 0.3 is 12.0 Å². The van der Waals surface area contributed by atoms with Crippen molar-refractivity contribution < 1.29 is 23.9 Å². The monoisotopic (exact) mass is 393 g/mol. The lowest BCUT2D eigenvalue weighted by Crippen LogP contribution is -2.42. The van der Waals surface area contributed by atoms with Crippen molar-refractivity contribution in [2.75, 3.05) is 30.9 Å². The van der Waals surface area contributed by atoms with Crippen LogP contribution in [0, 0.1) is 5.92 Å². The topological polar surface area (TPSA) is 105 Å². The van der Waals surface area contributed by atoms with E-state index in [-0.39, 0.29) is 18.9 Å². The van der Waals surface area contributed by atoms with Crippen molar-refractivity contribution in [3.8, 4) is 0 Å². The van der Waals surface area contributed by atoms with Crippen LogP contribution in [0.4, 0.5) is 10.5 Å². The molecule has 0 radical (unpaired) electrons. The van der Waals surface area contributed by atoms with Crippen LogP contribution in [0.25, 0.3) is 0 Å². The fourth-order valence-electron chi connectivity index (χ4n) is 2.58. The van der Waals surface area contributed by atoms with Crippen LogP contribution >= 0.6 is 11.8 Å². The first-order valence-electron chi connectivity index (χ1n) is 8.63. The molecular formula is C18H23N3O5S. The summed E-state index contributed by atoms with van der Waals surface area (Å²) in [4.78, 5) is 50.0. The van der Waals surface area contributed by atoms with E-state index in [4.69, 9.17) is 4.74 Å². The normalized spacial score (nSPS) is 16.1. The molecule has 146 valence electrons. The number of imide groups is 1. The summed E-state index contributed by atoms with van der Waals surface area (Å²) < 4.78 is 4.95. The first-order valence-corrected chi connectivity index (χ1v) is 9.85. The molecule has 0 saturated carbocycles. The summed E-state index contributed by atoms with van der Waals surface area (Å²) in [5.74, 6) is -2.15. The second kappa shape index (κ2) is 9.96. The minimum atomic E-state index is -0.717. The maximum atomic E-state index is 12.2. The molecular weight excluding hydrogens is 370 g/mol. The average Bonchev–Trinajstić information content (AvgIpc) is 3.06. The molecule has 1 aromatic carbocycles. The third kappa shape index (κ3) is 5.99. The number of rotatable bonds is 7. The zero-order valence-electron chi connectivity index (χ0n) is 15.3. The van der Waals surface area contributed by atoms with Gasteiger partial charge in [0, 0.05) is 30.1 Å². The summed E-state index contributed by atoms with van der Waals surface area (Å²) in [6.07, 6.45) is 2.73. The van der Waals surface area contributed by atoms with Crippen molar-refractivity contribution in [3.63, 3.8) is 0 Å². The molecule has 9 heteroatoms. The van der Waals surface area contributed by atoms with Gasteiger partial charge in [0.2, 0.25) is 5.91 Å². The number of hydrogen-bond acceptors (Lipinski definition) is 6. The summed E-state index contributed by atoms with van der Waals surface area (Å²) in [6, 6.07) is 6.85. The lowest BCUT2D eigenvalue weighted by atomic mass is 10.1. The Morgan fingerprint density at radius 2 is 1.96 bits per heavy atom. The highest BCUT2D eigenvalue weighted by Gasteiger charge is 2.36. The Morgan fingerprint density at radius 1 is 1.26 bits per heavy atom. The van der Waals surface area contributed by atoms with E-state index in [0.717, 1.165) is 17.0 Å². The smallest absolute Gasteiger partial charge is 0.321 e. The van der Waals surface area contributed by atoms with Gasteiger partial charge in [-0.15, -0.1) is 11.8 Å². The number of benzene rings is 1. The van der Waals surface area contributed by atoms with Gasteiger partial charge in [-0.3, -0.25) is 19.7 Å². The van der Waals surface area contributed by atoms with Gasteiger partial charge in [0.25, 0.3) is 5.91 Å². The quantitative estimate of drug-likeness (QED) is 0.538. The van der Waals surface area contributed by atoms with Gasteiger partial charge in [-0.05, 0) is 36.9 Å². The lowest BCUT2D eigenvalue weighted by molar-refractivity contribution is -0.152. The number of amides is 4. The molecule has 1 saturated heterocycles. The van der Waals surface area contributed by atoms with Gasteiger partial charge in [-0.2, -0.15) is 0 Å². The number of nitrogens with zero attached hydrogens (tertiary/aromatic N) is 1. The third-order valence-corrected chi connectivity index (χ3v) is 4.72. The van der Waals surface area contributed by atoms with Gasteiger partial charge in [0.15, 0.2) is 6.61 Å². The molecule has 1 aromatic rings. The second-order valence-corrected chi connectivity index (χ2v) is 6.89. The summed E-state index contributed by atoms with van der Waals surface area (Å²) in [5.41, 5.74) is 0.721. The highest BCUT2D eigenvalue weighted by atomic mass is 32.2. The number of esters is 1. The molecule has 0 aliphatic carbocycles. The fraction of sp³-hybridized carbons (Fsp3) is 0.444. The van der Waals surface area contributed by atoms with E-state index in [1.807, 2.05) is 37.4 Å². The van der Waals surface area contributed by atoms with Gasteiger partial charge in [-0.1, -0.05) is 6.92 Å². The summed E-state index contributed by atoms with van der Waals surface area (Å²) in [7, 11) is 0. The molecule has 2 N–H and O–H groups in total. The molecule has 1 heterocycles. The maximum Gasteiger partial charge on any atom is 0.321 e. The zero-order chi connectivity index (χ0) is 19.8. The second-order valence-electron chi connectivity index (χ2n) is 6.02. The van der Waals surface area contributed by atoms with E-state index in [0.29, 0.717) is 6.54 Å². The van der Waals surface area contributed by atoms with Crippen LogP contribution in [-0.2, 0) is 19.1 Å². The fourth-order valence-corrected chi connectivity index (χ4v) is 2.99. The van der Waals surface area contributed by atoms with Crippen molar-refractivity contribution in [1.29, 1.82) is 0 Å².